The summed E-state index contributed by atoms with van der Waals surface area (Å²) < 4.78 is 36.9. The van der Waals surface area contributed by atoms with Gasteiger partial charge in [0, 0.05) is 11.1 Å². The van der Waals surface area contributed by atoms with Gasteiger partial charge in [-0.3, -0.25) is 13.9 Å². The maximum absolute atomic E-state index is 13.7. The van der Waals surface area contributed by atoms with Crippen LogP contribution in [0.25, 0.3) is 10.4 Å². The maximum atomic E-state index is 13.7. The number of aromatic nitrogens is 2. The summed E-state index contributed by atoms with van der Waals surface area (Å²) >= 11 is 0. The quantitative estimate of drug-likeness (QED) is 0.121. The van der Waals surface area contributed by atoms with Crippen LogP contribution in [0.5, 0.6) is 5.75 Å². The molecular formula is C22H30N7O8P. The largest absolute Gasteiger partial charge is 0.462 e. The highest BCUT2D eigenvalue weighted by Gasteiger charge is 2.55. The van der Waals surface area contributed by atoms with Gasteiger partial charge in [-0.15, -0.1) is 0 Å². The molecule has 1 unspecified atom stereocenters. The lowest BCUT2D eigenvalue weighted by molar-refractivity contribution is -0.149. The van der Waals surface area contributed by atoms with E-state index in [2.05, 4.69) is 20.1 Å². The molecule has 0 radical (unpaired) electrons. The van der Waals surface area contributed by atoms with Crippen molar-refractivity contribution < 1.29 is 33.0 Å². The van der Waals surface area contributed by atoms with Crippen molar-refractivity contribution in [3.05, 3.63) is 63.5 Å². The number of benzene rings is 1. The molecule has 1 aromatic carbocycles. The monoisotopic (exact) mass is 551 g/mol. The van der Waals surface area contributed by atoms with E-state index in [0.29, 0.717) is 0 Å². The predicted octanol–water partition coefficient (Wildman–Crippen LogP) is 2.29. The minimum Gasteiger partial charge on any atom is -0.462 e. The number of nitrogens with zero attached hydrogens (tertiary/aromatic N) is 5. The Hall–Kier alpha value is -3.45. The number of carbonyl (C=O) groups excluding carboxylic acids is 1. The number of esters is 1. The molecule has 1 fully saturated rings. The van der Waals surface area contributed by atoms with E-state index in [9.17, 15) is 19.3 Å². The zero-order valence-corrected chi connectivity index (χ0v) is 22.1. The number of nitrogens with one attached hydrogen (secondary N) is 1. The van der Waals surface area contributed by atoms with Crippen molar-refractivity contribution in [3.63, 3.8) is 0 Å². The topological polar surface area (TPSA) is 213 Å². The highest BCUT2D eigenvalue weighted by atomic mass is 31.2. The van der Waals surface area contributed by atoms with E-state index in [4.69, 9.17) is 29.8 Å². The van der Waals surface area contributed by atoms with Gasteiger partial charge < -0.3 is 24.8 Å². The van der Waals surface area contributed by atoms with Gasteiger partial charge in [-0.05, 0) is 51.4 Å². The summed E-state index contributed by atoms with van der Waals surface area (Å²) in [6.45, 7) is 5.59. The minimum absolute atomic E-state index is 0.0367. The summed E-state index contributed by atoms with van der Waals surface area (Å²) in [7, 11) is -4.28. The number of hydrogen-bond donors (Lipinski definition) is 3. The molecule has 15 nitrogen and oxygen atoms in total. The van der Waals surface area contributed by atoms with Gasteiger partial charge in [0.2, 0.25) is 0 Å². The number of nitrogen functional groups attached to an aromatic ring is 1. The van der Waals surface area contributed by atoms with Gasteiger partial charge in [0.15, 0.2) is 6.23 Å². The fourth-order valence-electron chi connectivity index (χ4n) is 3.69. The molecule has 1 saturated heterocycles. The fraction of sp³-hybridized carbons (Fsp3) is 0.500. The van der Waals surface area contributed by atoms with Gasteiger partial charge in [-0.1, -0.05) is 23.3 Å². The zero-order valence-electron chi connectivity index (χ0n) is 21.2. The Balaban J connectivity index is 1.86. The lowest BCUT2D eigenvalue weighted by Crippen LogP contribution is -2.45. The Bertz CT molecular complexity index is 1290. The van der Waals surface area contributed by atoms with E-state index in [1.165, 1.54) is 38.2 Å². The summed E-state index contributed by atoms with van der Waals surface area (Å²) in [4.78, 5) is 31.2. The average Bonchev–Trinajstić information content (AvgIpc) is 3.08. The van der Waals surface area contributed by atoms with Crippen LogP contribution in [0, 0.1) is 0 Å². The van der Waals surface area contributed by atoms with E-state index < -0.39 is 62.1 Å². The molecule has 2 aromatic rings. The van der Waals surface area contributed by atoms with Gasteiger partial charge in [-0.2, -0.15) is 10.1 Å². The molecule has 16 heteroatoms. The fourth-order valence-corrected chi connectivity index (χ4v) is 5.20. The van der Waals surface area contributed by atoms with Crippen LogP contribution < -0.4 is 21.0 Å². The predicted molar refractivity (Wildman–Crippen MR) is 135 cm³/mol. The standard InChI is InChI=1S/C22H30N7O8P/c1-13(2)35-19(31)14(3)26-38(33,37-15-8-6-5-7-9-15)34-12-16-18(30)22(4,27-28-24)20(36-16)29-11-10-17(23)25-21(29)32/h5-11,13-14,16,18,20,30H,12H2,1-4H3,(H,26,33)(H2,23,25,32)/t14-,16-,18-,20-,22-,38?/m1/s1. The third-order valence-electron chi connectivity index (χ3n) is 5.55. The van der Waals surface area contributed by atoms with Crippen LogP contribution in [0.15, 0.2) is 52.5 Å². The van der Waals surface area contributed by atoms with Crippen LogP contribution in [0.2, 0.25) is 0 Å². The average molecular weight is 551 g/mol. The van der Waals surface area contributed by atoms with Crippen LogP contribution in [0.3, 0.4) is 0 Å². The van der Waals surface area contributed by atoms with Crippen LogP contribution in [0.4, 0.5) is 5.82 Å². The number of ether oxygens (including phenoxy) is 2. The maximum Gasteiger partial charge on any atom is 0.459 e. The summed E-state index contributed by atoms with van der Waals surface area (Å²) in [6, 6.07) is 8.32. The SMILES string of the molecule is CC(C)OC(=O)[C@@H](C)NP(=O)(OC[C@H]1O[C@@H](n2ccc(N)nc2=O)[C@](C)(N=[N+]=[N-])[C@@H]1O)Oc1ccccc1. The van der Waals surface area contributed by atoms with Crippen LogP contribution in [-0.4, -0.2) is 57.1 Å². The second kappa shape index (κ2) is 11.9. The first-order valence-electron chi connectivity index (χ1n) is 11.6. The number of aliphatic hydroxyl groups is 1. The third-order valence-corrected chi connectivity index (χ3v) is 7.20. The van der Waals surface area contributed by atoms with Gasteiger partial charge in [-0.25, -0.2) is 9.36 Å². The second-order valence-corrected chi connectivity index (χ2v) is 10.7. The first kappa shape index (κ1) is 29.1. The number of carbonyl (C=O) groups is 1. The molecule has 2 heterocycles. The van der Waals surface area contributed by atoms with E-state index in [0.717, 1.165) is 4.57 Å². The van der Waals surface area contributed by atoms with Gasteiger partial charge >= 0.3 is 19.4 Å². The summed E-state index contributed by atoms with van der Waals surface area (Å²) in [5, 5.41) is 17.2. The normalized spacial score (nSPS) is 25.3. The van der Waals surface area contributed by atoms with Crippen molar-refractivity contribution in [1.29, 1.82) is 0 Å². The van der Waals surface area contributed by atoms with Gasteiger partial charge in [0.05, 0.1) is 18.8 Å². The van der Waals surface area contributed by atoms with E-state index in [1.807, 2.05) is 0 Å². The smallest absolute Gasteiger partial charge is 0.459 e. The van der Waals surface area contributed by atoms with Crippen molar-refractivity contribution in [3.8, 4) is 5.75 Å². The van der Waals surface area contributed by atoms with E-state index >= 15 is 0 Å². The number of para-hydroxylation sites is 1. The Morgan fingerprint density at radius 2 is 2.05 bits per heavy atom. The number of nitrogens with two attached hydrogens (primary N) is 1. The molecule has 6 atom stereocenters. The molecule has 1 aliphatic rings. The van der Waals surface area contributed by atoms with Crippen LogP contribution >= 0.6 is 7.75 Å². The number of azide groups is 1. The summed E-state index contributed by atoms with van der Waals surface area (Å²) in [5.74, 6) is -0.550. The third kappa shape index (κ3) is 6.70. The van der Waals surface area contributed by atoms with Crippen molar-refractivity contribution in [2.24, 2.45) is 5.11 Å². The number of anilines is 1. The first-order valence-corrected chi connectivity index (χ1v) is 13.1. The Labute approximate surface area is 218 Å². The molecule has 0 aliphatic carbocycles. The number of aliphatic hydroxyl groups excluding tert-OH is 1. The Morgan fingerprint density at radius 1 is 1.37 bits per heavy atom. The molecule has 3 rings (SSSR count). The molecule has 4 N–H and O–H groups in total. The van der Waals surface area contributed by atoms with Gasteiger partial charge in [0.1, 0.15) is 29.3 Å². The minimum atomic E-state index is -4.28. The van der Waals surface area contributed by atoms with Crippen molar-refractivity contribution in [2.75, 3.05) is 12.3 Å². The lowest BCUT2D eigenvalue weighted by Gasteiger charge is -2.28. The molecule has 0 spiro atoms. The van der Waals surface area contributed by atoms with Gasteiger partial charge in [0.25, 0.3) is 0 Å². The lowest BCUT2D eigenvalue weighted by atomic mass is 9.93. The highest BCUT2D eigenvalue weighted by molar-refractivity contribution is 7.52. The highest BCUT2D eigenvalue weighted by Crippen LogP contribution is 2.47. The van der Waals surface area contributed by atoms with Crippen molar-refractivity contribution in [1.82, 2.24) is 14.6 Å². The Morgan fingerprint density at radius 3 is 2.66 bits per heavy atom. The number of rotatable bonds is 11. The van der Waals surface area contributed by atoms with Crippen LogP contribution in [-0.2, 0) is 23.4 Å². The molecule has 38 heavy (non-hydrogen) atoms. The van der Waals surface area contributed by atoms with Crippen LogP contribution in [0.1, 0.15) is 33.9 Å². The van der Waals surface area contributed by atoms with Crippen molar-refractivity contribution in [2.45, 2.75) is 63.8 Å². The summed E-state index contributed by atoms with van der Waals surface area (Å²) in [6.07, 6.45) is -3.19. The summed E-state index contributed by atoms with van der Waals surface area (Å²) in [5.41, 5.74) is 12.2. The number of hydrogen-bond acceptors (Lipinski definition) is 11. The molecule has 1 aromatic heterocycles. The molecule has 206 valence electrons. The first-order chi connectivity index (χ1) is 17.9. The zero-order chi connectivity index (χ0) is 28.1. The van der Waals surface area contributed by atoms with E-state index in [-0.39, 0.29) is 11.6 Å². The Kier molecular flexibility index (Phi) is 9.15. The molecule has 0 bridgehead atoms. The second-order valence-electron chi connectivity index (χ2n) is 8.96. The molecular weight excluding hydrogens is 521 g/mol. The van der Waals surface area contributed by atoms with Crippen molar-refractivity contribution >= 4 is 19.5 Å². The van der Waals surface area contributed by atoms with E-state index in [1.54, 1.807) is 32.0 Å². The molecule has 0 saturated carbocycles. The molecule has 0 amide bonds. The molecule has 1 aliphatic heterocycles.